The Morgan fingerprint density at radius 2 is 1.06 bits per heavy atom. The summed E-state index contributed by atoms with van der Waals surface area (Å²) in [5, 5.41) is 10.7. The van der Waals surface area contributed by atoms with Crippen LogP contribution in [0.4, 0.5) is 5.69 Å². The predicted molar refractivity (Wildman–Crippen MR) is 141 cm³/mol. The van der Waals surface area contributed by atoms with E-state index in [-0.39, 0.29) is 5.69 Å². The van der Waals surface area contributed by atoms with Crippen LogP contribution in [0.5, 0.6) is 5.75 Å². The van der Waals surface area contributed by atoms with Crippen molar-refractivity contribution >= 4 is 5.69 Å². The number of unbranched alkanes of at least 4 members (excludes halogenated alkanes) is 13. The van der Waals surface area contributed by atoms with E-state index in [1.807, 2.05) is 24.3 Å². The van der Waals surface area contributed by atoms with Crippen LogP contribution in [0.15, 0.2) is 48.5 Å². The molecule has 0 bridgehead atoms. The second kappa shape index (κ2) is 17.6. The van der Waals surface area contributed by atoms with Gasteiger partial charge in [0, 0.05) is 23.3 Å². The van der Waals surface area contributed by atoms with Crippen molar-refractivity contribution in [1.82, 2.24) is 0 Å². The monoisotopic (exact) mass is 463 g/mol. The smallest absolute Gasteiger partial charge is 0.269 e. The third-order valence-electron chi connectivity index (χ3n) is 6.05. The van der Waals surface area contributed by atoms with Gasteiger partial charge in [0.25, 0.3) is 5.69 Å². The van der Waals surface area contributed by atoms with Crippen LogP contribution < -0.4 is 4.74 Å². The highest BCUT2D eigenvalue weighted by Crippen LogP contribution is 2.15. The van der Waals surface area contributed by atoms with Crippen LogP contribution in [-0.2, 0) is 0 Å². The Hall–Kier alpha value is -2.80. The maximum absolute atomic E-state index is 10.7. The van der Waals surface area contributed by atoms with Gasteiger partial charge in [-0.2, -0.15) is 0 Å². The minimum atomic E-state index is -0.408. The van der Waals surface area contributed by atoms with Gasteiger partial charge >= 0.3 is 0 Å². The highest BCUT2D eigenvalue weighted by atomic mass is 16.6. The number of benzene rings is 2. The number of rotatable bonds is 17. The van der Waals surface area contributed by atoms with E-state index in [1.165, 1.54) is 95.6 Å². The lowest BCUT2D eigenvalue weighted by molar-refractivity contribution is -0.384. The van der Waals surface area contributed by atoms with Crippen LogP contribution in [0.25, 0.3) is 0 Å². The van der Waals surface area contributed by atoms with E-state index < -0.39 is 4.92 Å². The van der Waals surface area contributed by atoms with Gasteiger partial charge in [-0.25, -0.2) is 0 Å². The van der Waals surface area contributed by atoms with Gasteiger partial charge in [0.05, 0.1) is 11.5 Å². The number of nitrogens with zero attached hydrogens (tertiary/aromatic N) is 1. The molecule has 0 amide bonds. The minimum Gasteiger partial charge on any atom is -0.494 e. The number of non-ortho nitro benzene ring substituents is 1. The van der Waals surface area contributed by atoms with Gasteiger partial charge in [0.15, 0.2) is 0 Å². The van der Waals surface area contributed by atoms with E-state index >= 15 is 0 Å². The molecule has 4 heteroatoms. The Labute approximate surface area is 206 Å². The maximum Gasteiger partial charge on any atom is 0.269 e. The number of nitro benzene ring substituents is 1. The molecule has 0 aromatic heterocycles. The zero-order valence-corrected chi connectivity index (χ0v) is 20.9. The number of hydrogen-bond donors (Lipinski definition) is 0. The molecule has 184 valence electrons. The van der Waals surface area contributed by atoms with E-state index in [9.17, 15) is 10.1 Å². The second-order valence-corrected chi connectivity index (χ2v) is 9.02. The molecule has 2 rings (SSSR count). The molecule has 0 saturated carbocycles. The molecule has 0 aliphatic rings. The van der Waals surface area contributed by atoms with Crippen LogP contribution in [0.2, 0.25) is 0 Å². The summed E-state index contributed by atoms with van der Waals surface area (Å²) < 4.78 is 5.85. The summed E-state index contributed by atoms with van der Waals surface area (Å²) in [6.07, 6.45) is 19.0. The van der Waals surface area contributed by atoms with Crippen molar-refractivity contribution in [3.05, 3.63) is 69.8 Å². The number of ether oxygens (including phenoxy) is 1. The van der Waals surface area contributed by atoms with Gasteiger partial charge in [-0.3, -0.25) is 10.1 Å². The second-order valence-electron chi connectivity index (χ2n) is 9.02. The number of nitro groups is 1. The van der Waals surface area contributed by atoms with Crippen LogP contribution in [-0.4, -0.2) is 11.5 Å². The molecule has 2 aromatic rings. The predicted octanol–water partition coefficient (Wildman–Crippen LogP) is 8.85. The van der Waals surface area contributed by atoms with Crippen molar-refractivity contribution < 1.29 is 9.66 Å². The molecule has 0 N–H and O–H groups in total. The van der Waals surface area contributed by atoms with Crippen molar-refractivity contribution in [3.63, 3.8) is 0 Å². The average Bonchev–Trinajstić information content (AvgIpc) is 2.86. The summed E-state index contributed by atoms with van der Waals surface area (Å²) in [6.45, 7) is 3.03. The molecule has 34 heavy (non-hydrogen) atoms. The fraction of sp³-hybridized carbons (Fsp3) is 0.533. The first kappa shape index (κ1) is 27.4. The Balaban J connectivity index is 1.48. The summed E-state index contributed by atoms with van der Waals surface area (Å²) in [5.41, 5.74) is 1.72. The van der Waals surface area contributed by atoms with Gasteiger partial charge in [0.1, 0.15) is 5.75 Å². The molecule has 0 saturated heterocycles. The zero-order chi connectivity index (χ0) is 24.3. The van der Waals surface area contributed by atoms with E-state index in [1.54, 1.807) is 12.1 Å². The molecular weight excluding hydrogens is 422 g/mol. The first-order valence-corrected chi connectivity index (χ1v) is 13.2. The van der Waals surface area contributed by atoms with E-state index in [0.29, 0.717) is 0 Å². The summed E-state index contributed by atoms with van der Waals surface area (Å²) in [4.78, 5) is 10.3. The topological polar surface area (TPSA) is 52.4 Å². The summed E-state index contributed by atoms with van der Waals surface area (Å²) >= 11 is 0. The van der Waals surface area contributed by atoms with Gasteiger partial charge in [-0.1, -0.05) is 102 Å². The lowest BCUT2D eigenvalue weighted by Gasteiger charge is -2.06. The summed E-state index contributed by atoms with van der Waals surface area (Å²) in [5.74, 6) is 6.99. The molecule has 2 aromatic carbocycles. The molecular formula is C30H41NO3. The molecule has 4 nitrogen and oxygen atoms in total. The fourth-order valence-corrected chi connectivity index (χ4v) is 3.93. The maximum atomic E-state index is 10.7. The highest BCUT2D eigenvalue weighted by Gasteiger charge is 2.02. The standard InChI is InChI=1S/C30H41NO3/c1-2-3-4-5-6-7-8-9-10-11-12-13-14-15-26-34-30-24-20-28(21-25-30)17-16-27-18-22-29(23-19-27)31(32)33/h18-25H,2-15,26H2,1H3. The van der Waals surface area contributed by atoms with Crippen LogP contribution in [0.1, 0.15) is 108 Å². The lowest BCUT2D eigenvalue weighted by atomic mass is 10.0. The van der Waals surface area contributed by atoms with Crippen molar-refractivity contribution in [3.8, 4) is 17.6 Å². The first-order valence-electron chi connectivity index (χ1n) is 13.2. The molecule has 0 spiro atoms. The van der Waals surface area contributed by atoms with E-state index in [2.05, 4.69) is 18.8 Å². The van der Waals surface area contributed by atoms with Gasteiger partial charge in [-0.05, 0) is 42.8 Å². The minimum absolute atomic E-state index is 0.0749. The van der Waals surface area contributed by atoms with Crippen LogP contribution in [0, 0.1) is 22.0 Å². The van der Waals surface area contributed by atoms with Gasteiger partial charge in [0.2, 0.25) is 0 Å². The van der Waals surface area contributed by atoms with Gasteiger partial charge in [-0.15, -0.1) is 0 Å². The Bertz CT molecular complexity index is 863. The Morgan fingerprint density at radius 1 is 0.647 bits per heavy atom. The summed E-state index contributed by atoms with van der Waals surface area (Å²) in [7, 11) is 0. The third-order valence-corrected chi connectivity index (χ3v) is 6.05. The molecule has 0 unspecified atom stereocenters. The van der Waals surface area contributed by atoms with Gasteiger partial charge < -0.3 is 4.74 Å². The molecule has 0 radical (unpaired) electrons. The van der Waals surface area contributed by atoms with Crippen LogP contribution in [0.3, 0.4) is 0 Å². The largest absolute Gasteiger partial charge is 0.494 e. The molecule has 0 aliphatic heterocycles. The SMILES string of the molecule is CCCCCCCCCCCCCCCCOc1ccc(C#Cc2ccc([N+](=O)[O-])cc2)cc1. The van der Waals surface area contributed by atoms with Crippen LogP contribution >= 0.6 is 0 Å². The first-order chi connectivity index (χ1) is 16.7. The number of hydrogen-bond acceptors (Lipinski definition) is 3. The van der Waals surface area contributed by atoms with Crippen molar-refractivity contribution in [2.45, 2.75) is 96.8 Å². The zero-order valence-electron chi connectivity index (χ0n) is 20.9. The lowest BCUT2D eigenvalue weighted by Crippen LogP contribution is -1.97. The fourth-order valence-electron chi connectivity index (χ4n) is 3.93. The Kier molecular flexibility index (Phi) is 14.2. The van der Waals surface area contributed by atoms with Crippen molar-refractivity contribution in [1.29, 1.82) is 0 Å². The molecule has 0 aliphatic carbocycles. The van der Waals surface area contributed by atoms with E-state index in [0.717, 1.165) is 29.9 Å². The molecule has 0 atom stereocenters. The quantitative estimate of drug-likeness (QED) is 0.102. The van der Waals surface area contributed by atoms with Crippen molar-refractivity contribution in [2.75, 3.05) is 6.61 Å². The average molecular weight is 464 g/mol. The van der Waals surface area contributed by atoms with Crippen molar-refractivity contribution in [2.24, 2.45) is 0 Å². The van der Waals surface area contributed by atoms with E-state index in [4.69, 9.17) is 4.74 Å². The molecule has 0 heterocycles. The summed E-state index contributed by atoms with van der Waals surface area (Å²) in [6, 6.07) is 14.1. The highest BCUT2D eigenvalue weighted by molar-refractivity contribution is 5.46. The molecule has 0 fully saturated rings. The Morgan fingerprint density at radius 3 is 1.50 bits per heavy atom. The third kappa shape index (κ3) is 12.4. The normalized spacial score (nSPS) is 10.5.